The third-order valence-electron chi connectivity index (χ3n) is 9.46. The molecular weight excluding hydrogens is 442 g/mol. The summed E-state index contributed by atoms with van der Waals surface area (Å²) in [5.41, 5.74) is 3.39. The maximum atomic E-state index is 13.0. The van der Waals surface area contributed by atoms with Gasteiger partial charge in [-0.15, -0.1) is 0 Å². The van der Waals surface area contributed by atoms with Gasteiger partial charge in [-0.3, -0.25) is 19.3 Å². The molecule has 4 bridgehead atoms. The number of carbonyl (C=O) groups is 2. The molecule has 5 aliphatic carbocycles. The molecule has 5 atom stereocenters. The Bertz CT molecular complexity index is 1220. The predicted molar refractivity (Wildman–Crippen MR) is 130 cm³/mol. The van der Waals surface area contributed by atoms with E-state index in [0.29, 0.717) is 43.1 Å². The van der Waals surface area contributed by atoms with Crippen LogP contribution in [0.4, 0.5) is 0 Å². The number of hydrogen-bond donors (Lipinski definition) is 1. The van der Waals surface area contributed by atoms with Gasteiger partial charge in [0.05, 0.1) is 35.0 Å². The van der Waals surface area contributed by atoms with Crippen LogP contribution in [0.25, 0.3) is 17.0 Å². The topological polar surface area (TPSA) is 94.3 Å². The largest absolute Gasteiger partial charge is 0.390 e. The van der Waals surface area contributed by atoms with Crippen LogP contribution in [0.3, 0.4) is 0 Å². The molecule has 1 N–H and O–H groups in total. The molecule has 5 fully saturated rings. The number of ether oxygens (including phenoxy) is 1. The minimum Gasteiger partial charge on any atom is -0.390 e. The lowest BCUT2D eigenvalue weighted by molar-refractivity contribution is -0.148. The molecule has 0 aromatic carbocycles. The highest BCUT2D eigenvalue weighted by Gasteiger charge is 2.56. The Morgan fingerprint density at radius 3 is 2.63 bits per heavy atom. The van der Waals surface area contributed by atoms with Crippen LogP contribution in [0.15, 0.2) is 12.3 Å². The van der Waals surface area contributed by atoms with Gasteiger partial charge in [0, 0.05) is 43.2 Å². The Kier molecular flexibility index (Phi) is 5.04. The first kappa shape index (κ1) is 21.9. The molecule has 6 aliphatic rings. The molecule has 0 amide bonds. The highest BCUT2D eigenvalue weighted by atomic mass is 16.5. The number of carbonyl (C=O) groups excluding carboxylic acids is 2. The second-order valence-electron chi connectivity index (χ2n) is 11.8. The highest BCUT2D eigenvalue weighted by molar-refractivity contribution is 6.37. The van der Waals surface area contributed by atoms with Crippen LogP contribution in [0.5, 0.6) is 0 Å². The van der Waals surface area contributed by atoms with Crippen molar-refractivity contribution in [3.63, 3.8) is 0 Å². The van der Waals surface area contributed by atoms with Crippen LogP contribution in [-0.2, 0) is 27.2 Å². The summed E-state index contributed by atoms with van der Waals surface area (Å²) < 4.78 is 7.58. The van der Waals surface area contributed by atoms with Crippen molar-refractivity contribution < 1.29 is 19.4 Å². The van der Waals surface area contributed by atoms with E-state index in [1.54, 1.807) is 0 Å². The number of aromatic nitrogens is 3. The van der Waals surface area contributed by atoms with Crippen LogP contribution in [0.1, 0.15) is 74.4 Å². The van der Waals surface area contributed by atoms with Gasteiger partial charge >= 0.3 is 0 Å². The standard InChI is InChI=1S/C28H33N3O4/c32-24(10-16-4-6-35-7-5-16)25(33)11-23-21-15-29-22-3-1-2-20(22)27(21)31(30-23)26-18-8-17-9-19(26)14-28(34,12-17)13-18/h1-2,15-19,26,34H,3-14H2/t17?,18-,19+,26?,28?. The van der Waals surface area contributed by atoms with Gasteiger partial charge in [0.25, 0.3) is 0 Å². The average Bonchev–Trinajstić information content (AvgIpc) is 3.43. The zero-order valence-electron chi connectivity index (χ0n) is 20.1. The van der Waals surface area contributed by atoms with E-state index in [1.165, 1.54) is 0 Å². The van der Waals surface area contributed by atoms with Crippen molar-refractivity contribution in [2.24, 2.45) is 23.7 Å². The first-order valence-corrected chi connectivity index (χ1v) is 13.4. The van der Waals surface area contributed by atoms with Crippen molar-refractivity contribution in [2.75, 3.05) is 13.2 Å². The van der Waals surface area contributed by atoms with Crippen LogP contribution in [0.2, 0.25) is 0 Å². The summed E-state index contributed by atoms with van der Waals surface area (Å²) in [7, 11) is 0. The fourth-order valence-corrected chi connectivity index (χ4v) is 8.15. The van der Waals surface area contributed by atoms with Gasteiger partial charge in [0.1, 0.15) is 0 Å². The maximum absolute atomic E-state index is 13.0. The van der Waals surface area contributed by atoms with E-state index in [4.69, 9.17) is 9.84 Å². The molecule has 2 aromatic rings. The van der Waals surface area contributed by atoms with Crippen LogP contribution < -0.4 is 0 Å². The van der Waals surface area contributed by atoms with E-state index in [9.17, 15) is 14.7 Å². The Balaban J connectivity index is 1.23. The Labute approximate surface area is 204 Å². The normalized spacial score (nSPS) is 33.5. The molecule has 8 rings (SSSR count). The summed E-state index contributed by atoms with van der Waals surface area (Å²) in [5.74, 6) is 1.03. The highest BCUT2D eigenvalue weighted by Crippen LogP contribution is 2.60. The number of ketones is 2. The van der Waals surface area contributed by atoms with Crippen molar-refractivity contribution in [2.45, 2.75) is 75.9 Å². The number of nitrogens with zero attached hydrogens (tertiary/aromatic N) is 3. The molecule has 1 saturated heterocycles. The number of allylic oxidation sites excluding steroid dienone is 1. The van der Waals surface area contributed by atoms with E-state index >= 15 is 0 Å². The second kappa shape index (κ2) is 8.07. The average molecular weight is 476 g/mol. The number of rotatable bonds is 6. The molecule has 7 heteroatoms. The molecule has 4 saturated carbocycles. The molecule has 0 radical (unpaired) electrons. The quantitative estimate of drug-likeness (QED) is 0.642. The lowest BCUT2D eigenvalue weighted by Gasteiger charge is -2.58. The SMILES string of the molecule is O=C(Cc1nn(C2[C@@H]3CC4C[C@H]2CC(O)(C4)C3)c2c3c(ncc12)CC=C3)C(=O)CC1CCOCC1. The summed E-state index contributed by atoms with van der Waals surface area (Å²) in [6.45, 7) is 1.34. The summed E-state index contributed by atoms with van der Waals surface area (Å²) in [6.07, 6.45) is 13.9. The van der Waals surface area contributed by atoms with E-state index in [1.807, 2.05) is 6.20 Å². The zero-order chi connectivity index (χ0) is 23.7. The summed E-state index contributed by atoms with van der Waals surface area (Å²) in [5, 5.41) is 17.1. The van der Waals surface area contributed by atoms with Gasteiger partial charge in [-0.2, -0.15) is 5.10 Å². The summed E-state index contributed by atoms with van der Waals surface area (Å²) >= 11 is 0. The molecule has 7 nitrogen and oxygen atoms in total. The lowest BCUT2D eigenvalue weighted by Crippen LogP contribution is -2.55. The first-order valence-electron chi connectivity index (χ1n) is 13.4. The van der Waals surface area contributed by atoms with E-state index in [2.05, 4.69) is 21.8 Å². The zero-order valence-corrected chi connectivity index (χ0v) is 20.1. The molecule has 1 aliphatic heterocycles. The number of aliphatic hydroxyl groups is 1. The van der Waals surface area contributed by atoms with Crippen LogP contribution in [0, 0.1) is 23.7 Å². The van der Waals surface area contributed by atoms with Crippen molar-refractivity contribution in [1.82, 2.24) is 14.8 Å². The van der Waals surface area contributed by atoms with Gasteiger partial charge in [-0.25, -0.2) is 0 Å². The van der Waals surface area contributed by atoms with Gasteiger partial charge < -0.3 is 9.84 Å². The first-order chi connectivity index (χ1) is 17.0. The summed E-state index contributed by atoms with van der Waals surface area (Å²) in [6, 6.07) is 0.233. The molecule has 3 heterocycles. The number of Topliss-reactive ketones (excluding diaryl/α,β-unsaturated/α-hetero) is 2. The van der Waals surface area contributed by atoms with Crippen molar-refractivity contribution in [1.29, 1.82) is 0 Å². The summed E-state index contributed by atoms with van der Waals surface area (Å²) in [4.78, 5) is 30.5. The smallest absolute Gasteiger partial charge is 0.204 e. The minimum absolute atomic E-state index is 0.0321. The molecule has 2 aromatic heterocycles. The molecular formula is C28H33N3O4. The van der Waals surface area contributed by atoms with Gasteiger partial charge in [0.2, 0.25) is 5.78 Å². The van der Waals surface area contributed by atoms with E-state index in [-0.39, 0.29) is 29.9 Å². The third-order valence-corrected chi connectivity index (χ3v) is 9.46. The van der Waals surface area contributed by atoms with Gasteiger partial charge in [0.15, 0.2) is 5.78 Å². The predicted octanol–water partition coefficient (Wildman–Crippen LogP) is 3.61. The van der Waals surface area contributed by atoms with E-state index < -0.39 is 5.60 Å². The third kappa shape index (κ3) is 3.61. The molecule has 0 spiro atoms. The number of fused-ring (bicyclic) bond motifs is 3. The Morgan fingerprint density at radius 2 is 1.89 bits per heavy atom. The van der Waals surface area contributed by atoms with Gasteiger partial charge in [-0.1, -0.05) is 12.2 Å². The minimum atomic E-state index is -0.505. The maximum Gasteiger partial charge on any atom is 0.204 e. The molecule has 184 valence electrons. The van der Waals surface area contributed by atoms with E-state index in [0.717, 1.165) is 73.5 Å². The van der Waals surface area contributed by atoms with Gasteiger partial charge in [-0.05, 0) is 68.6 Å². The monoisotopic (exact) mass is 475 g/mol. The lowest BCUT2D eigenvalue weighted by atomic mass is 9.52. The molecule has 3 unspecified atom stereocenters. The van der Waals surface area contributed by atoms with Crippen molar-refractivity contribution in [3.8, 4) is 0 Å². The van der Waals surface area contributed by atoms with Crippen molar-refractivity contribution in [3.05, 3.63) is 29.2 Å². The molecule has 35 heavy (non-hydrogen) atoms. The second-order valence-corrected chi connectivity index (χ2v) is 11.8. The fourth-order valence-electron chi connectivity index (χ4n) is 8.15. The Morgan fingerprint density at radius 1 is 1.11 bits per heavy atom. The number of pyridine rings is 1. The number of hydrogen-bond acceptors (Lipinski definition) is 6. The van der Waals surface area contributed by atoms with Crippen LogP contribution in [-0.4, -0.2) is 50.3 Å². The Hall–Kier alpha value is -2.38. The van der Waals surface area contributed by atoms with Crippen molar-refractivity contribution >= 4 is 28.5 Å². The fraction of sp³-hybridized carbons (Fsp3) is 0.643. The van der Waals surface area contributed by atoms with Crippen LogP contribution >= 0.6 is 0 Å².